The third kappa shape index (κ3) is 2.06. The molecule has 1 aromatic rings. The van der Waals surface area contributed by atoms with Gasteiger partial charge in [-0.2, -0.15) is 0 Å². The molecule has 1 saturated carbocycles. The standard InChI is InChI=1S/C13H18O2/c1-15-10-7-12(14)13(8-9-13)11-5-3-2-4-6-11/h2-6,12,14H,7-10H2,1H3. The van der Waals surface area contributed by atoms with Gasteiger partial charge in [-0.05, 0) is 24.8 Å². The van der Waals surface area contributed by atoms with E-state index in [1.54, 1.807) is 7.11 Å². The molecular weight excluding hydrogens is 188 g/mol. The highest BCUT2D eigenvalue weighted by Gasteiger charge is 2.49. The molecule has 1 unspecified atom stereocenters. The lowest BCUT2D eigenvalue weighted by Gasteiger charge is -2.22. The Morgan fingerprint density at radius 1 is 1.33 bits per heavy atom. The molecule has 1 N–H and O–H groups in total. The van der Waals surface area contributed by atoms with Gasteiger partial charge in [-0.15, -0.1) is 0 Å². The smallest absolute Gasteiger partial charge is 0.0658 e. The summed E-state index contributed by atoms with van der Waals surface area (Å²) in [5.74, 6) is 0. The van der Waals surface area contributed by atoms with Crippen LogP contribution in [0.15, 0.2) is 30.3 Å². The third-order valence-electron chi connectivity index (χ3n) is 3.37. The summed E-state index contributed by atoms with van der Waals surface area (Å²) in [6.45, 7) is 0.635. The predicted molar refractivity (Wildman–Crippen MR) is 59.9 cm³/mol. The van der Waals surface area contributed by atoms with Crippen LogP contribution in [0.25, 0.3) is 0 Å². The lowest BCUT2D eigenvalue weighted by atomic mass is 9.88. The summed E-state index contributed by atoms with van der Waals surface area (Å²) < 4.78 is 5.01. The lowest BCUT2D eigenvalue weighted by Crippen LogP contribution is -2.27. The Balaban J connectivity index is 2.07. The van der Waals surface area contributed by atoms with Gasteiger partial charge in [-0.1, -0.05) is 30.3 Å². The van der Waals surface area contributed by atoms with Crippen LogP contribution in [0, 0.1) is 0 Å². The maximum Gasteiger partial charge on any atom is 0.0658 e. The minimum Gasteiger partial charge on any atom is -0.392 e. The Labute approximate surface area is 90.9 Å². The van der Waals surface area contributed by atoms with Crippen molar-refractivity contribution in [2.75, 3.05) is 13.7 Å². The number of rotatable bonds is 5. The van der Waals surface area contributed by atoms with Crippen LogP contribution in [0.2, 0.25) is 0 Å². The molecule has 0 aromatic heterocycles. The molecule has 1 aliphatic carbocycles. The van der Waals surface area contributed by atoms with Crippen molar-refractivity contribution in [2.45, 2.75) is 30.8 Å². The van der Waals surface area contributed by atoms with Crippen molar-refractivity contribution in [2.24, 2.45) is 0 Å². The van der Waals surface area contributed by atoms with E-state index in [9.17, 15) is 5.11 Å². The van der Waals surface area contributed by atoms with E-state index in [-0.39, 0.29) is 11.5 Å². The highest BCUT2D eigenvalue weighted by atomic mass is 16.5. The summed E-state index contributed by atoms with van der Waals surface area (Å²) in [7, 11) is 1.68. The molecule has 0 radical (unpaired) electrons. The van der Waals surface area contributed by atoms with Crippen molar-refractivity contribution >= 4 is 0 Å². The molecule has 0 amide bonds. The molecule has 1 aromatic carbocycles. The summed E-state index contributed by atoms with van der Waals surface area (Å²) >= 11 is 0. The fourth-order valence-corrected chi connectivity index (χ4v) is 2.22. The average molecular weight is 206 g/mol. The second-order valence-electron chi connectivity index (χ2n) is 4.32. The van der Waals surface area contributed by atoms with Gasteiger partial charge in [0.15, 0.2) is 0 Å². The summed E-state index contributed by atoms with van der Waals surface area (Å²) in [4.78, 5) is 0. The Hall–Kier alpha value is -0.860. The number of ether oxygens (including phenoxy) is 1. The Bertz CT molecular complexity index is 304. The zero-order valence-corrected chi connectivity index (χ0v) is 9.15. The summed E-state index contributed by atoms with van der Waals surface area (Å²) in [5.41, 5.74) is 1.30. The molecule has 15 heavy (non-hydrogen) atoms. The number of benzene rings is 1. The largest absolute Gasteiger partial charge is 0.392 e. The molecule has 0 heterocycles. The highest BCUT2D eigenvalue weighted by molar-refractivity contribution is 5.32. The van der Waals surface area contributed by atoms with E-state index in [1.807, 2.05) is 18.2 Å². The van der Waals surface area contributed by atoms with Gasteiger partial charge in [0.1, 0.15) is 0 Å². The quantitative estimate of drug-likeness (QED) is 0.799. The molecular formula is C13H18O2. The van der Waals surface area contributed by atoms with Gasteiger partial charge in [0.05, 0.1) is 6.10 Å². The monoisotopic (exact) mass is 206 g/mol. The molecule has 2 nitrogen and oxygen atoms in total. The van der Waals surface area contributed by atoms with Crippen molar-refractivity contribution in [1.29, 1.82) is 0 Å². The second-order valence-corrected chi connectivity index (χ2v) is 4.32. The predicted octanol–water partition coefficient (Wildman–Crippen LogP) is 2.12. The summed E-state index contributed by atoms with van der Waals surface area (Å²) in [5, 5.41) is 10.1. The van der Waals surface area contributed by atoms with Gasteiger partial charge in [0, 0.05) is 19.1 Å². The normalized spacial score (nSPS) is 19.9. The summed E-state index contributed by atoms with van der Waals surface area (Å²) in [6.07, 6.45) is 2.66. The minimum atomic E-state index is -0.264. The van der Waals surface area contributed by atoms with Crippen LogP contribution in [0.4, 0.5) is 0 Å². The summed E-state index contributed by atoms with van der Waals surface area (Å²) in [6, 6.07) is 10.3. The van der Waals surface area contributed by atoms with Crippen LogP contribution in [0.3, 0.4) is 0 Å². The zero-order valence-electron chi connectivity index (χ0n) is 9.15. The highest BCUT2D eigenvalue weighted by Crippen LogP contribution is 2.51. The van der Waals surface area contributed by atoms with Gasteiger partial charge in [0.25, 0.3) is 0 Å². The number of hydrogen-bond acceptors (Lipinski definition) is 2. The molecule has 2 rings (SSSR count). The van der Waals surface area contributed by atoms with E-state index < -0.39 is 0 Å². The van der Waals surface area contributed by atoms with E-state index in [0.29, 0.717) is 6.61 Å². The molecule has 1 aliphatic rings. The SMILES string of the molecule is COCCC(O)C1(c2ccccc2)CC1. The Morgan fingerprint density at radius 2 is 2.00 bits per heavy atom. The molecule has 0 spiro atoms. The Morgan fingerprint density at radius 3 is 2.53 bits per heavy atom. The molecule has 0 bridgehead atoms. The first-order valence-corrected chi connectivity index (χ1v) is 5.52. The molecule has 1 atom stereocenters. The topological polar surface area (TPSA) is 29.5 Å². The fraction of sp³-hybridized carbons (Fsp3) is 0.538. The van der Waals surface area contributed by atoms with Crippen LogP contribution in [0.5, 0.6) is 0 Å². The van der Waals surface area contributed by atoms with Crippen molar-refractivity contribution in [1.82, 2.24) is 0 Å². The molecule has 2 heteroatoms. The van der Waals surface area contributed by atoms with E-state index >= 15 is 0 Å². The molecule has 0 aliphatic heterocycles. The van der Waals surface area contributed by atoms with Gasteiger partial charge in [0.2, 0.25) is 0 Å². The van der Waals surface area contributed by atoms with Crippen LogP contribution < -0.4 is 0 Å². The number of methoxy groups -OCH3 is 1. The molecule has 1 fully saturated rings. The Kier molecular flexibility index (Phi) is 3.08. The maximum atomic E-state index is 10.1. The van der Waals surface area contributed by atoms with E-state index in [0.717, 1.165) is 19.3 Å². The second kappa shape index (κ2) is 4.33. The van der Waals surface area contributed by atoms with Crippen molar-refractivity contribution in [3.05, 3.63) is 35.9 Å². The van der Waals surface area contributed by atoms with Crippen molar-refractivity contribution in [3.63, 3.8) is 0 Å². The van der Waals surface area contributed by atoms with Gasteiger partial charge < -0.3 is 9.84 Å². The fourth-order valence-electron chi connectivity index (χ4n) is 2.22. The van der Waals surface area contributed by atoms with Crippen molar-refractivity contribution < 1.29 is 9.84 Å². The van der Waals surface area contributed by atoms with Gasteiger partial charge >= 0.3 is 0 Å². The third-order valence-corrected chi connectivity index (χ3v) is 3.37. The average Bonchev–Trinajstić information content (AvgIpc) is 3.08. The first kappa shape index (κ1) is 10.7. The van der Waals surface area contributed by atoms with Crippen LogP contribution >= 0.6 is 0 Å². The van der Waals surface area contributed by atoms with Gasteiger partial charge in [-0.25, -0.2) is 0 Å². The lowest BCUT2D eigenvalue weighted by molar-refractivity contribution is 0.0824. The van der Waals surface area contributed by atoms with Crippen LogP contribution in [-0.4, -0.2) is 24.9 Å². The number of aliphatic hydroxyl groups excluding tert-OH is 1. The zero-order chi connectivity index (χ0) is 10.7. The van der Waals surface area contributed by atoms with E-state index in [1.165, 1.54) is 5.56 Å². The molecule has 82 valence electrons. The van der Waals surface area contributed by atoms with Gasteiger partial charge in [-0.3, -0.25) is 0 Å². The van der Waals surface area contributed by atoms with E-state index in [4.69, 9.17) is 4.74 Å². The number of hydrogen-bond donors (Lipinski definition) is 1. The number of aliphatic hydroxyl groups is 1. The van der Waals surface area contributed by atoms with E-state index in [2.05, 4.69) is 12.1 Å². The minimum absolute atomic E-state index is 0.0276. The van der Waals surface area contributed by atoms with Crippen LogP contribution in [0.1, 0.15) is 24.8 Å². The maximum absolute atomic E-state index is 10.1. The first-order chi connectivity index (χ1) is 7.29. The van der Waals surface area contributed by atoms with Crippen LogP contribution in [-0.2, 0) is 10.2 Å². The first-order valence-electron chi connectivity index (χ1n) is 5.52. The van der Waals surface area contributed by atoms with Crippen molar-refractivity contribution in [3.8, 4) is 0 Å². The molecule has 0 saturated heterocycles.